The summed E-state index contributed by atoms with van der Waals surface area (Å²) < 4.78 is 0. The van der Waals surface area contributed by atoms with Gasteiger partial charge in [-0.1, -0.05) is 36.4 Å². The third-order valence-corrected chi connectivity index (χ3v) is 3.71. The Hall–Kier alpha value is -2.03. The zero-order chi connectivity index (χ0) is 12.6. The first-order valence-corrected chi connectivity index (χ1v) is 6.16. The highest BCUT2D eigenvalue weighted by atomic mass is 16.4. The van der Waals surface area contributed by atoms with Crippen LogP contribution in [0, 0.1) is 5.41 Å². The van der Waals surface area contributed by atoms with Crippen LogP contribution in [0.25, 0.3) is 10.8 Å². The van der Waals surface area contributed by atoms with Gasteiger partial charge in [0.15, 0.2) is 0 Å². The lowest BCUT2D eigenvalue weighted by molar-refractivity contribution is -0.142. The largest absolute Gasteiger partial charge is 0.481 e. The van der Waals surface area contributed by atoms with E-state index in [1.807, 2.05) is 24.3 Å². The molecule has 3 rings (SSSR count). The van der Waals surface area contributed by atoms with E-state index in [-0.39, 0.29) is 0 Å². The fraction of sp³-hybridized carbons (Fsp3) is 0.267. The molecule has 0 unspecified atom stereocenters. The molecule has 2 N–H and O–H groups in total. The van der Waals surface area contributed by atoms with Crippen molar-refractivity contribution < 1.29 is 9.90 Å². The average molecular weight is 241 g/mol. The van der Waals surface area contributed by atoms with Crippen molar-refractivity contribution in [3.8, 4) is 0 Å². The topological polar surface area (TPSA) is 49.3 Å². The molecule has 0 aliphatic heterocycles. The first kappa shape index (κ1) is 11.1. The van der Waals surface area contributed by atoms with Crippen LogP contribution in [0.5, 0.6) is 0 Å². The maximum atomic E-state index is 11.1. The molecule has 0 amide bonds. The van der Waals surface area contributed by atoms with Crippen molar-refractivity contribution in [1.82, 2.24) is 0 Å². The van der Waals surface area contributed by atoms with Gasteiger partial charge in [0.1, 0.15) is 0 Å². The molecule has 0 aromatic heterocycles. The number of fused-ring (bicyclic) bond motifs is 1. The van der Waals surface area contributed by atoms with Gasteiger partial charge in [-0.05, 0) is 24.3 Å². The summed E-state index contributed by atoms with van der Waals surface area (Å²) in [6.07, 6.45) is 1.56. The molecule has 18 heavy (non-hydrogen) atoms. The fourth-order valence-electron chi connectivity index (χ4n) is 2.26. The summed E-state index contributed by atoms with van der Waals surface area (Å²) in [7, 11) is 0. The number of carbonyl (C=O) groups is 1. The molecule has 0 atom stereocenters. The van der Waals surface area contributed by atoms with Gasteiger partial charge in [0.2, 0.25) is 0 Å². The van der Waals surface area contributed by atoms with E-state index in [0.717, 1.165) is 23.9 Å². The average Bonchev–Trinajstić information content (AvgIpc) is 3.17. The van der Waals surface area contributed by atoms with Crippen molar-refractivity contribution in [2.75, 3.05) is 11.9 Å². The van der Waals surface area contributed by atoms with E-state index in [0.29, 0.717) is 6.54 Å². The number of anilines is 1. The van der Waals surface area contributed by atoms with Crippen LogP contribution >= 0.6 is 0 Å². The van der Waals surface area contributed by atoms with Crippen molar-refractivity contribution in [3.63, 3.8) is 0 Å². The van der Waals surface area contributed by atoms with Gasteiger partial charge in [-0.25, -0.2) is 0 Å². The van der Waals surface area contributed by atoms with Gasteiger partial charge in [0.05, 0.1) is 5.41 Å². The highest BCUT2D eigenvalue weighted by Crippen LogP contribution is 2.46. The first-order chi connectivity index (χ1) is 8.71. The summed E-state index contributed by atoms with van der Waals surface area (Å²) in [5.74, 6) is -0.685. The molecule has 2 aromatic carbocycles. The molecule has 92 valence electrons. The number of carboxylic acid groups (broad SMARTS) is 1. The van der Waals surface area contributed by atoms with Gasteiger partial charge in [0, 0.05) is 17.6 Å². The van der Waals surface area contributed by atoms with E-state index in [4.69, 9.17) is 5.11 Å². The van der Waals surface area contributed by atoms with Crippen molar-refractivity contribution >= 4 is 22.4 Å². The Labute approximate surface area is 105 Å². The molecule has 0 radical (unpaired) electrons. The second kappa shape index (κ2) is 4.02. The highest BCUT2D eigenvalue weighted by molar-refractivity contribution is 5.94. The van der Waals surface area contributed by atoms with E-state index < -0.39 is 11.4 Å². The minimum Gasteiger partial charge on any atom is -0.481 e. The zero-order valence-corrected chi connectivity index (χ0v) is 10.0. The minimum absolute atomic E-state index is 0.510. The summed E-state index contributed by atoms with van der Waals surface area (Å²) in [6.45, 7) is 0.510. The Morgan fingerprint density at radius 3 is 2.61 bits per heavy atom. The van der Waals surface area contributed by atoms with Crippen molar-refractivity contribution in [2.24, 2.45) is 5.41 Å². The Kier molecular flexibility index (Phi) is 2.47. The summed E-state index contributed by atoms with van der Waals surface area (Å²) in [4.78, 5) is 11.1. The molecule has 0 spiro atoms. The van der Waals surface area contributed by atoms with E-state index in [9.17, 15) is 4.79 Å². The summed E-state index contributed by atoms with van der Waals surface area (Å²) in [5, 5.41) is 14.8. The Bertz CT molecular complexity index is 597. The van der Waals surface area contributed by atoms with E-state index in [1.165, 1.54) is 5.39 Å². The molecule has 2 aromatic rings. The van der Waals surface area contributed by atoms with Crippen LogP contribution in [0.15, 0.2) is 42.5 Å². The Morgan fingerprint density at radius 1 is 1.17 bits per heavy atom. The molecule has 0 bridgehead atoms. The van der Waals surface area contributed by atoms with E-state index in [1.54, 1.807) is 0 Å². The molecule has 1 fully saturated rings. The number of carboxylic acids is 1. The number of nitrogens with one attached hydrogen (secondary N) is 1. The van der Waals surface area contributed by atoms with Crippen molar-refractivity contribution in [3.05, 3.63) is 42.5 Å². The monoisotopic (exact) mass is 241 g/mol. The molecule has 3 nitrogen and oxygen atoms in total. The van der Waals surface area contributed by atoms with Crippen molar-refractivity contribution in [2.45, 2.75) is 12.8 Å². The van der Waals surface area contributed by atoms with Crippen LogP contribution in [-0.2, 0) is 4.79 Å². The molecule has 0 heterocycles. The van der Waals surface area contributed by atoms with Gasteiger partial charge in [-0.15, -0.1) is 0 Å². The van der Waals surface area contributed by atoms with Gasteiger partial charge < -0.3 is 10.4 Å². The van der Waals surface area contributed by atoms with Crippen LogP contribution in [-0.4, -0.2) is 17.6 Å². The van der Waals surface area contributed by atoms with Gasteiger partial charge in [-0.3, -0.25) is 4.79 Å². The lowest BCUT2D eigenvalue weighted by Crippen LogP contribution is -2.24. The molecule has 1 aliphatic carbocycles. The van der Waals surface area contributed by atoms with Crippen LogP contribution in [0.4, 0.5) is 5.69 Å². The number of aliphatic carboxylic acids is 1. The zero-order valence-electron chi connectivity index (χ0n) is 10.0. The predicted octanol–water partition coefficient (Wildman–Crippen LogP) is 3.12. The maximum Gasteiger partial charge on any atom is 0.311 e. The summed E-state index contributed by atoms with van der Waals surface area (Å²) in [5.41, 5.74) is 0.484. The number of rotatable bonds is 4. The third kappa shape index (κ3) is 1.82. The minimum atomic E-state index is -0.685. The smallest absolute Gasteiger partial charge is 0.311 e. The first-order valence-electron chi connectivity index (χ1n) is 6.16. The van der Waals surface area contributed by atoms with E-state index >= 15 is 0 Å². The van der Waals surface area contributed by atoms with Crippen molar-refractivity contribution in [1.29, 1.82) is 0 Å². The van der Waals surface area contributed by atoms with Gasteiger partial charge >= 0.3 is 5.97 Å². The molecular weight excluding hydrogens is 226 g/mol. The second-order valence-corrected chi connectivity index (χ2v) is 4.97. The molecule has 1 aliphatic rings. The van der Waals surface area contributed by atoms with Gasteiger partial charge in [0.25, 0.3) is 0 Å². The fourth-order valence-corrected chi connectivity index (χ4v) is 2.26. The summed E-state index contributed by atoms with van der Waals surface area (Å²) in [6, 6.07) is 14.2. The summed E-state index contributed by atoms with van der Waals surface area (Å²) >= 11 is 0. The van der Waals surface area contributed by atoms with E-state index in [2.05, 4.69) is 23.5 Å². The van der Waals surface area contributed by atoms with Crippen LogP contribution < -0.4 is 5.32 Å². The lowest BCUT2D eigenvalue weighted by atomic mass is 10.1. The van der Waals surface area contributed by atoms with Crippen LogP contribution in [0.1, 0.15) is 12.8 Å². The quantitative estimate of drug-likeness (QED) is 0.864. The van der Waals surface area contributed by atoms with Crippen LogP contribution in [0.2, 0.25) is 0 Å². The molecule has 3 heteroatoms. The molecule has 1 saturated carbocycles. The Morgan fingerprint density at radius 2 is 1.89 bits per heavy atom. The number of benzene rings is 2. The maximum absolute atomic E-state index is 11.1. The number of hydrogen-bond acceptors (Lipinski definition) is 2. The Balaban J connectivity index is 1.85. The predicted molar refractivity (Wildman–Crippen MR) is 71.7 cm³/mol. The molecular formula is C15H15NO2. The SMILES string of the molecule is O=C(O)C1(CNc2cccc3ccccc23)CC1. The molecule has 0 saturated heterocycles. The highest BCUT2D eigenvalue weighted by Gasteiger charge is 2.50. The third-order valence-electron chi connectivity index (χ3n) is 3.71. The van der Waals surface area contributed by atoms with Gasteiger partial charge in [-0.2, -0.15) is 0 Å². The standard InChI is InChI=1S/C15H15NO2/c17-14(18)15(8-9-15)10-16-13-7-3-5-11-4-1-2-6-12(11)13/h1-7,16H,8-10H2,(H,17,18). The van der Waals surface area contributed by atoms with Crippen LogP contribution in [0.3, 0.4) is 0 Å². The lowest BCUT2D eigenvalue weighted by Gasteiger charge is -2.14. The second-order valence-electron chi connectivity index (χ2n) is 4.97. The number of hydrogen-bond donors (Lipinski definition) is 2. The normalized spacial score (nSPS) is 16.4.